The molecule has 1 rings (SSSR count). The van der Waals surface area contributed by atoms with E-state index in [4.69, 9.17) is 0 Å². The SMILES string of the molecule is CCC1NC(C(C)C)N(CC(C)S(C)=O)C1=O. The normalized spacial score (nSPS) is 28.8. The van der Waals surface area contributed by atoms with Crippen molar-refractivity contribution in [3.05, 3.63) is 0 Å². The van der Waals surface area contributed by atoms with E-state index in [1.54, 1.807) is 6.26 Å². The van der Waals surface area contributed by atoms with Crippen molar-refractivity contribution in [2.75, 3.05) is 12.8 Å². The van der Waals surface area contributed by atoms with Crippen LogP contribution in [-0.4, -0.2) is 45.3 Å². The Kier molecular flexibility index (Phi) is 5.13. The minimum absolute atomic E-state index is 0.0256. The molecule has 1 amide bonds. The highest BCUT2D eigenvalue weighted by Crippen LogP contribution is 2.20. The molecule has 0 aromatic rings. The molecule has 4 nitrogen and oxygen atoms in total. The van der Waals surface area contributed by atoms with Crippen molar-refractivity contribution in [1.82, 2.24) is 10.2 Å². The first-order valence-corrected chi connectivity index (χ1v) is 7.89. The smallest absolute Gasteiger partial charge is 0.241 e. The highest BCUT2D eigenvalue weighted by atomic mass is 32.2. The summed E-state index contributed by atoms with van der Waals surface area (Å²) in [5.74, 6) is 0.525. The van der Waals surface area contributed by atoms with E-state index >= 15 is 0 Å². The van der Waals surface area contributed by atoms with Gasteiger partial charge in [0.15, 0.2) is 0 Å². The zero-order chi connectivity index (χ0) is 13.2. The minimum atomic E-state index is -0.884. The number of hydrogen-bond acceptors (Lipinski definition) is 3. The van der Waals surface area contributed by atoms with E-state index in [1.807, 2.05) is 18.7 Å². The Morgan fingerprint density at radius 3 is 2.41 bits per heavy atom. The van der Waals surface area contributed by atoms with E-state index in [-0.39, 0.29) is 23.4 Å². The molecular formula is C12H24N2O2S. The molecule has 5 heteroatoms. The molecule has 0 aromatic heterocycles. The molecule has 4 unspecified atom stereocenters. The summed E-state index contributed by atoms with van der Waals surface area (Å²) in [5.41, 5.74) is 0. The number of nitrogens with zero attached hydrogens (tertiary/aromatic N) is 1. The second-order valence-electron chi connectivity index (χ2n) is 5.12. The van der Waals surface area contributed by atoms with Crippen LogP contribution < -0.4 is 5.32 Å². The summed E-state index contributed by atoms with van der Waals surface area (Å²) in [6.07, 6.45) is 2.58. The average Bonchev–Trinajstić information content (AvgIpc) is 2.56. The predicted molar refractivity (Wildman–Crippen MR) is 71.1 cm³/mol. The van der Waals surface area contributed by atoms with Crippen LogP contribution in [0.5, 0.6) is 0 Å². The molecule has 0 saturated carbocycles. The molecule has 100 valence electrons. The molecule has 0 aliphatic carbocycles. The van der Waals surface area contributed by atoms with Gasteiger partial charge in [-0.1, -0.05) is 20.8 Å². The third-order valence-corrected chi connectivity index (χ3v) is 4.63. The lowest BCUT2D eigenvalue weighted by atomic mass is 10.1. The maximum atomic E-state index is 12.2. The molecule has 1 aliphatic rings. The van der Waals surface area contributed by atoms with Crippen LogP contribution in [0, 0.1) is 5.92 Å². The fourth-order valence-electron chi connectivity index (χ4n) is 2.13. The molecule has 1 aliphatic heterocycles. The standard InChI is InChI=1S/C12H24N2O2S/c1-6-10-12(15)14(7-9(4)17(5)16)11(13-10)8(2)3/h8-11,13H,6-7H2,1-5H3. The van der Waals surface area contributed by atoms with Gasteiger partial charge in [-0.15, -0.1) is 0 Å². The Bertz CT molecular complexity index is 307. The number of hydrogen-bond donors (Lipinski definition) is 1. The maximum Gasteiger partial charge on any atom is 0.241 e. The third kappa shape index (κ3) is 3.28. The third-order valence-electron chi connectivity index (χ3n) is 3.35. The van der Waals surface area contributed by atoms with Crippen LogP contribution in [0.15, 0.2) is 0 Å². The average molecular weight is 260 g/mol. The monoisotopic (exact) mass is 260 g/mol. The van der Waals surface area contributed by atoms with Crippen molar-refractivity contribution < 1.29 is 9.00 Å². The first-order chi connectivity index (χ1) is 7.88. The van der Waals surface area contributed by atoms with Crippen LogP contribution in [0.2, 0.25) is 0 Å². The van der Waals surface area contributed by atoms with E-state index in [0.717, 1.165) is 6.42 Å². The van der Waals surface area contributed by atoms with Gasteiger partial charge in [0.25, 0.3) is 0 Å². The molecule has 1 N–H and O–H groups in total. The Balaban J connectivity index is 2.78. The zero-order valence-corrected chi connectivity index (χ0v) is 12.2. The van der Waals surface area contributed by atoms with Crippen molar-refractivity contribution in [2.24, 2.45) is 5.92 Å². The lowest BCUT2D eigenvalue weighted by molar-refractivity contribution is -0.130. The van der Waals surface area contributed by atoms with Crippen molar-refractivity contribution in [3.8, 4) is 0 Å². The van der Waals surface area contributed by atoms with Crippen LogP contribution in [0.1, 0.15) is 34.1 Å². The minimum Gasteiger partial charge on any atom is -0.324 e. The number of rotatable bonds is 5. The molecule has 0 aromatic carbocycles. The fraction of sp³-hybridized carbons (Fsp3) is 0.917. The topological polar surface area (TPSA) is 49.4 Å². The van der Waals surface area contributed by atoms with Gasteiger partial charge in [-0.2, -0.15) is 0 Å². The Labute approximate surface area is 107 Å². The van der Waals surface area contributed by atoms with Crippen molar-refractivity contribution in [1.29, 1.82) is 0 Å². The summed E-state index contributed by atoms with van der Waals surface area (Å²) in [6.45, 7) is 8.72. The molecular weight excluding hydrogens is 236 g/mol. The van der Waals surface area contributed by atoms with E-state index in [2.05, 4.69) is 19.2 Å². The van der Waals surface area contributed by atoms with Crippen LogP contribution in [-0.2, 0) is 15.6 Å². The van der Waals surface area contributed by atoms with E-state index in [9.17, 15) is 9.00 Å². The van der Waals surface area contributed by atoms with Gasteiger partial charge >= 0.3 is 0 Å². The van der Waals surface area contributed by atoms with E-state index in [0.29, 0.717) is 12.5 Å². The van der Waals surface area contributed by atoms with Crippen LogP contribution in [0.25, 0.3) is 0 Å². The molecule has 1 heterocycles. The zero-order valence-electron chi connectivity index (χ0n) is 11.4. The Morgan fingerprint density at radius 1 is 1.41 bits per heavy atom. The van der Waals surface area contributed by atoms with Gasteiger partial charge in [0.1, 0.15) is 0 Å². The van der Waals surface area contributed by atoms with Gasteiger partial charge in [-0.3, -0.25) is 14.3 Å². The lowest BCUT2D eigenvalue weighted by Gasteiger charge is -2.29. The number of amides is 1. The quantitative estimate of drug-likeness (QED) is 0.800. The maximum absolute atomic E-state index is 12.2. The van der Waals surface area contributed by atoms with Gasteiger partial charge < -0.3 is 4.90 Å². The lowest BCUT2D eigenvalue weighted by Crippen LogP contribution is -2.45. The van der Waals surface area contributed by atoms with Gasteiger partial charge in [0.05, 0.1) is 12.2 Å². The predicted octanol–water partition coefficient (Wildman–Crippen LogP) is 0.946. The highest BCUT2D eigenvalue weighted by Gasteiger charge is 2.39. The van der Waals surface area contributed by atoms with Crippen LogP contribution in [0.4, 0.5) is 0 Å². The number of carbonyl (C=O) groups excluding carboxylic acids is 1. The van der Waals surface area contributed by atoms with Crippen LogP contribution >= 0.6 is 0 Å². The molecule has 17 heavy (non-hydrogen) atoms. The summed E-state index contributed by atoms with van der Waals surface area (Å²) >= 11 is 0. The summed E-state index contributed by atoms with van der Waals surface area (Å²) in [5, 5.41) is 3.39. The first kappa shape index (κ1) is 14.6. The van der Waals surface area contributed by atoms with Gasteiger partial charge in [0, 0.05) is 28.9 Å². The van der Waals surface area contributed by atoms with Crippen molar-refractivity contribution in [2.45, 2.75) is 51.6 Å². The molecule has 0 radical (unpaired) electrons. The molecule has 0 bridgehead atoms. The van der Waals surface area contributed by atoms with Gasteiger partial charge in [0.2, 0.25) is 5.91 Å². The first-order valence-electron chi connectivity index (χ1n) is 6.27. The van der Waals surface area contributed by atoms with Gasteiger partial charge in [-0.05, 0) is 19.3 Å². The molecule has 1 saturated heterocycles. The largest absolute Gasteiger partial charge is 0.324 e. The van der Waals surface area contributed by atoms with Gasteiger partial charge in [-0.25, -0.2) is 0 Å². The van der Waals surface area contributed by atoms with E-state index < -0.39 is 10.8 Å². The molecule has 4 atom stereocenters. The Morgan fingerprint density at radius 2 is 2.00 bits per heavy atom. The summed E-state index contributed by atoms with van der Waals surface area (Å²) in [4.78, 5) is 14.0. The summed E-state index contributed by atoms with van der Waals surface area (Å²) < 4.78 is 11.4. The summed E-state index contributed by atoms with van der Waals surface area (Å²) in [7, 11) is -0.884. The fourth-order valence-corrected chi connectivity index (χ4v) is 2.51. The number of carbonyl (C=O) groups is 1. The van der Waals surface area contributed by atoms with Crippen molar-refractivity contribution >= 4 is 16.7 Å². The van der Waals surface area contributed by atoms with Crippen molar-refractivity contribution in [3.63, 3.8) is 0 Å². The molecule has 1 fully saturated rings. The second kappa shape index (κ2) is 5.96. The van der Waals surface area contributed by atoms with E-state index in [1.165, 1.54) is 0 Å². The Hall–Kier alpha value is -0.420. The van der Waals surface area contributed by atoms with Crippen LogP contribution in [0.3, 0.4) is 0 Å². The summed E-state index contributed by atoms with van der Waals surface area (Å²) in [6, 6.07) is -0.0695. The highest BCUT2D eigenvalue weighted by molar-refractivity contribution is 7.84. The molecule has 0 spiro atoms. The number of nitrogens with one attached hydrogen (secondary N) is 1. The second-order valence-corrected chi connectivity index (χ2v) is 6.92.